The fourth-order valence-electron chi connectivity index (χ4n) is 2.12. The number of hydrogen-bond acceptors (Lipinski definition) is 2. The van der Waals surface area contributed by atoms with Crippen molar-refractivity contribution in [2.45, 2.75) is 18.4 Å². The van der Waals surface area contributed by atoms with Gasteiger partial charge in [0, 0.05) is 16.7 Å². The van der Waals surface area contributed by atoms with Crippen LogP contribution in [0.5, 0.6) is 5.75 Å². The molecule has 0 unspecified atom stereocenters. The molecule has 0 aromatic heterocycles. The SMILES string of the molecule is O=C(c1ccc(Cl)cc1)C1(Oc2ccc(Cl)c(Cl)c2)CC1. The Morgan fingerprint density at radius 2 is 1.62 bits per heavy atom. The van der Waals surface area contributed by atoms with Gasteiger partial charge in [0.2, 0.25) is 5.78 Å². The first-order chi connectivity index (χ1) is 10.00. The Balaban J connectivity index is 1.82. The van der Waals surface area contributed by atoms with E-state index in [2.05, 4.69) is 0 Å². The van der Waals surface area contributed by atoms with Crippen LogP contribution in [0.25, 0.3) is 0 Å². The van der Waals surface area contributed by atoms with Gasteiger partial charge in [0.1, 0.15) is 5.75 Å². The highest BCUT2D eigenvalue weighted by molar-refractivity contribution is 6.42. The van der Waals surface area contributed by atoms with Crippen LogP contribution in [0.15, 0.2) is 42.5 Å². The summed E-state index contributed by atoms with van der Waals surface area (Å²) in [7, 11) is 0. The molecule has 21 heavy (non-hydrogen) atoms. The smallest absolute Gasteiger partial charge is 0.206 e. The van der Waals surface area contributed by atoms with Gasteiger partial charge in [-0.05, 0) is 49.2 Å². The van der Waals surface area contributed by atoms with Crippen LogP contribution in [0, 0.1) is 0 Å². The van der Waals surface area contributed by atoms with Crippen molar-refractivity contribution >= 4 is 40.6 Å². The monoisotopic (exact) mass is 340 g/mol. The number of Topliss-reactive ketones (excluding diaryl/α,β-unsaturated/α-hetero) is 1. The number of ether oxygens (including phenoxy) is 1. The summed E-state index contributed by atoms with van der Waals surface area (Å²) in [4.78, 5) is 12.6. The molecule has 0 bridgehead atoms. The predicted octanol–water partition coefficient (Wildman–Crippen LogP) is 5.44. The van der Waals surface area contributed by atoms with Crippen LogP contribution in [0.1, 0.15) is 23.2 Å². The molecule has 0 radical (unpaired) electrons. The van der Waals surface area contributed by atoms with Crippen LogP contribution in [0.4, 0.5) is 0 Å². The molecule has 1 fully saturated rings. The Bertz CT molecular complexity index is 691. The summed E-state index contributed by atoms with van der Waals surface area (Å²) in [6.07, 6.45) is 1.38. The number of halogens is 3. The Morgan fingerprint density at radius 3 is 2.19 bits per heavy atom. The van der Waals surface area contributed by atoms with Crippen LogP contribution in [-0.2, 0) is 0 Å². The molecule has 0 aliphatic heterocycles. The van der Waals surface area contributed by atoms with Gasteiger partial charge < -0.3 is 4.74 Å². The van der Waals surface area contributed by atoms with Crippen molar-refractivity contribution in [3.8, 4) is 5.75 Å². The van der Waals surface area contributed by atoms with Crippen molar-refractivity contribution in [1.82, 2.24) is 0 Å². The molecule has 0 N–H and O–H groups in total. The minimum atomic E-state index is -0.787. The van der Waals surface area contributed by atoms with E-state index in [1.165, 1.54) is 0 Å². The highest BCUT2D eigenvalue weighted by atomic mass is 35.5. The fourth-order valence-corrected chi connectivity index (χ4v) is 2.53. The third kappa shape index (κ3) is 3.03. The Kier molecular flexibility index (Phi) is 3.87. The lowest BCUT2D eigenvalue weighted by molar-refractivity contribution is 0.0746. The van der Waals surface area contributed by atoms with E-state index in [1.807, 2.05) is 0 Å². The first-order valence-electron chi connectivity index (χ1n) is 6.45. The van der Waals surface area contributed by atoms with Gasteiger partial charge >= 0.3 is 0 Å². The van der Waals surface area contributed by atoms with Gasteiger partial charge in [-0.25, -0.2) is 0 Å². The second-order valence-corrected chi connectivity index (χ2v) is 6.26. The minimum Gasteiger partial charge on any atom is -0.479 e. The van der Waals surface area contributed by atoms with Gasteiger partial charge in [-0.1, -0.05) is 34.8 Å². The quantitative estimate of drug-likeness (QED) is 0.692. The van der Waals surface area contributed by atoms with Gasteiger partial charge in [0.05, 0.1) is 10.0 Å². The maximum Gasteiger partial charge on any atom is 0.206 e. The average molecular weight is 342 g/mol. The predicted molar refractivity (Wildman–Crippen MR) is 84.8 cm³/mol. The molecular weight excluding hydrogens is 331 g/mol. The second kappa shape index (κ2) is 5.53. The van der Waals surface area contributed by atoms with Crippen LogP contribution in [-0.4, -0.2) is 11.4 Å². The van der Waals surface area contributed by atoms with Crippen molar-refractivity contribution in [2.24, 2.45) is 0 Å². The first kappa shape index (κ1) is 14.7. The van der Waals surface area contributed by atoms with Crippen LogP contribution in [0.2, 0.25) is 15.1 Å². The molecule has 0 heterocycles. The molecule has 3 rings (SSSR count). The fraction of sp³-hybridized carbons (Fsp3) is 0.188. The summed E-state index contributed by atoms with van der Waals surface area (Å²) < 4.78 is 5.87. The van der Waals surface area contributed by atoms with Crippen LogP contribution >= 0.6 is 34.8 Å². The highest BCUT2D eigenvalue weighted by Gasteiger charge is 2.52. The van der Waals surface area contributed by atoms with Crippen molar-refractivity contribution < 1.29 is 9.53 Å². The largest absolute Gasteiger partial charge is 0.479 e. The summed E-state index contributed by atoms with van der Waals surface area (Å²) in [5.41, 5.74) is -0.192. The Labute approximate surface area is 137 Å². The van der Waals surface area contributed by atoms with Gasteiger partial charge in [0.15, 0.2) is 5.60 Å². The van der Waals surface area contributed by atoms with Gasteiger partial charge in [0.25, 0.3) is 0 Å². The maximum absolute atomic E-state index is 12.6. The van der Waals surface area contributed by atoms with Crippen molar-refractivity contribution in [3.63, 3.8) is 0 Å². The van der Waals surface area contributed by atoms with E-state index in [4.69, 9.17) is 39.5 Å². The summed E-state index contributed by atoms with van der Waals surface area (Å²) >= 11 is 17.7. The summed E-state index contributed by atoms with van der Waals surface area (Å²) in [5.74, 6) is 0.509. The minimum absolute atomic E-state index is 0.0368. The zero-order valence-electron chi connectivity index (χ0n) is 10.9. The lowest BCUT2D eigenvalue weighted by atomic mass is 10.0. The van der Waals surface area contributed by atoms with E-state index in [-0.39, 0.29) is 5.78 Å². The normalized spacial score (nSPS) is 15.6. The molecule has 1 aliphatic carbocycles. The van der Waals surface area contributed by atoms with Crippen molar-refractivity contribution in [3.05, 3.63) is 63.1 Å². The van der Waals surface area contributed by atoms with E-state index >= 15 is 0 Å². The maximum atomic E-state index is 12.6. The van der Waals surface area contributed by atoms with Crippen LogP contribution in [0.3, 0.4) is 0 Å². The molecular formula is C16H11Cl3O2. The molecule has 0 spiro atoms. The van der Waals surface area contributed by atoms with E-state index < -0.39 is 5.60 Å². The molecule has 2 nitrogen and oxygen atoms in total. The van der Waals surface area contributed by atoms with E-state index in [9.17, 15) is 4.79 Å². The number of benzene rings is 2. The summed E-state index contributed by atoms with van der Waals surface area (Å²) in [6, 6.07) is 11.8. The number of carbonyl (C=O) groups is 1. The van der Waals surface area contributed by atoms with Crippen LogP contribution < -0.4 is 4.74 Å². The topological polar surface area (TPSA) is 26.3 Å². The van der Waals surface area contributed by atoms with Crippen molar-refractivity contribution in [2.75, 3.05) is 0 Å². The number of ketones is 1. The lowest BCUT2D eigenvalue weighted by Crippen LogP contribution is -2.29. The molecule has 108 valence electrons. The Hall–Kier alpha value is -1.22. The third-order valence-corrected chi connectivity index (χ3v) is 4.42. The molecule has 0 atom stereocenters. The molecule has 2 aromatic carbocycles. The van der Waals surface area contributed by atoms with E-state index in [0.29, 0.717) is 39.2 Å². The second-order valence-electron chi connectivity index (χ2n) is 5.01. The molecule has 0 saturated heterocycles. The number of rotatable bonds is 4. The third-order valence-electron chi connectivity index (χ3n) is 3.43. The van der Waals surface area contributed by atoms with Crippen molar-refractivity contribution in [1.29, 1.82) is 0 Å². The summed E-state index contributed by atoms with van der Waals surface area (Å²) in [5, 5.41) is 1.46. The van der Waals surface area contributed by atoms with Gasteiger partial charge in [-0.3, -0.25) is 4.79 Å². The van der Waals surface area contributed by atoms with Gasteiger partial charge in [-0.15, -0.1) is 0 Å². The zero-order valence-corrected chi connectivity index (χ0v) is 13.2. The number of hydrogen-bond donors (Lipinski definition) is 0. The standard InChI is InChI=1S/C16H11Cl3O2/c17-11-3-1-10(2-4-11)15(20)16(7-8-16)21-12-5-6-13(18)14(19)9-12/h1-6,9H,7-8H2. The molecule has 5 heteroatoms. The summed E-state index contributed by atoms with van der Waals surface area (Å²) in [6.45, 7) is 0. The molecule has 0 amide bonds. The van der Waals surface area contributed by atoms with E-state index in [0.717, 1.165) is 0 Å². The first-order valence-corrected chi connectivity index (χ1v) is 7.58. The highest BCUT2D eigenvalue weighted by Crippen LogP contribution is 2.43. The van der Waals surface area contributed by atoms with E-state index in [1.54, 1.807) is 42.5 Å². The number of carbonyl (C=O) groups excluding carboxylic acids is 1. The Morgan fingerprint density at radius 1 is 0.952 bits per heavy atom. The molecule has 1 saturated carbocycles. The average Bonchev–Trinajstić information content (AvgIpc) is 3.24. The molecule has 2 aromatic rings. The lowest BCUT2D eigenvalue weighted by Gasteiger charge is -2.17. The molecule has 1 aliphatic rings. The zero-order chi connectivity index (χ0) is 15.0. The van der Waals surface area contributed by atoms with Gasteiger partial charge in [-0.2, -0.15) is 0 Å².